The molecule has 2 aromatic heterocycles. The summed E-state index contributed by atoms with van der Waals surface area (Å²) in [4.78, 5) is 17.3. The molecule has 1 amide bonds. The smallest absolute Gasteiger partial charge is 0.256 e. The molecule has 2 heterocycles. The molecule has 0 saturated heterocycles. The summed E-state index contributed by atoms with van der Waals surface area (Å²) in [7, 11) is 1.65. The van der Waals surface area contributed by atoms with Gasteiger partial charge in [0.25, 0.3) is 5.91 Å². The lowest BCUT2D eigenvalue weighted by molar-refractivity contribution is 0.102. The van der Waals surface area contributed by atoms with Crippen molar-refractivity contribution >= 4 is 22.5 Å². The van der Waals surface area contributed by atoms with Crippen molar-refractivity contribution in [2.75, 3.05) is 12.4 Å². The number of carbonyl (C=O) groups is 1. The normalized spacial score (nSPS) is 13.1. The Morgan fingerprint density at radius 2 is 1.81 bits per heavy atom. The number of pyridine rings is 1. The van der Waals surface area contributed by atoms with Crippen LogP contribution in [0.2, 0.25) is 0 Å². The average molecular weight is 429 g/mol. The summed E-state index contributed by atoms with van der Waals surface area (Å²) in [6.45, 7) is 0.595. The van der Waals surface area contributed by atoms with E-state index in [2.05, 4.69) is 14.9 Å². The molecule has 0 fully saturated rings. The molecular formula is C26H24FN3O2. The molecule has 1 aliphatic carbocycles. The van der Waals surface area contributed by atoms with Crippen LogP contribution in [0.4, 0.5) is 10.1 Å². The number of nitrogens with zero attached hydrogens (tertiary/aromatic N) is 2. The van der Waals surface area contributed by atoms with Gasteiger partial charge in [-0.2, -0.15) is 0 Å². The van der Waals surface area contributed by atoms with Gasteiger partial charge >= 0.3 is 0 Å². The Kier molecular flexibility index (Phi) is 5.35. The van der Waals surface area contributed by atoms with Crippen molar-refractivity contribution in [1.29, 1.82) is 0 Å². The first-order chi connectivity index (χ1) is 15.7. The van der Waals surface area contributed by atoms with Crippen LogP contribution in [0, 0.1) is 5.82 Å². The molecule has 5 nitrogen and oxygen atoms in total. The number of methoxy groups -OCH3 is 1. The highest BCUT2D eigenvalue weighted by atomic mass is 19.1. The Balaban J connectivity index is 1.68. The van der Waals surface area contributed by atoms with Gasteiger partial charge in [-0.05, 0) is 73.2 Å². The standard InChI is InChI=1S/C26H24FN3O2/c1-32-23-11-10-21(26(31)29-19-12-14-28-15-13-19)24-20-4-2-3-5-22(20)30(25(23)24)16-17-6-8-18(27)9-7-17/h6-15H,2-5,16H2,1H3,(H,28,29,31). The lowest BCUT2D eigenvalue weighted by Crippen LogP contribution is -2.13. The third kappa shape index (κ3) is 3.62. The second-order valence-corrected chi connectivity index (χ2v) is 8.07. The quantitative estimate of drug-likeness (QED) is 0.464. The third-order valence-corrected chi connectivity index (χ3v) is 6.13. The van der Waals surface area contributed by atoms with Crippen LogP contribution >= 0.6 is 0 Å². The topological polar surface area (TPSA) is 56.1 Å². The molecular weight excluding hydrogens is 405 g/mol. The summed E-state index contributed by atoms with van der Waals surface area (Å²) < 4.78 is 21.4. The summed E-state index contributed by atoms with van der Waals surface area (Å²) in [6, 6.07) is 13.8. The number of halogens is 1. The molecule has 0 spiro atoms. The van der Waals surface area contributed by atoms with Crippen molar-refractivity contribution in [1.82, 2.24) is 9.55 Å². The van der Waals surface area contributed by atoms with Gasteiger partial charge < -0.3 is 14.6 Å². The van der Waals surface area contributed by atoms with Crippen molar-refractivity contribution < 1.29 is 13.9 Å². The molecule has 32 heavy (non-hydrogen) atoms. The van der Waals surface area contributed by atoms with Crippen LogP contribution < -0.4 is 10.1 Å². The third-order valence-electron chi connectivity index (χ3n) is 6.13. The number of amides is 1. The van der Waals surface area contributed by atoms with Gasteiger partial charge in [-0.25, -0.2) is 4.39 Å². The molecule has 1 aliphatic rings. The van der Waals surface area contributed by atoms with E-state index in [9.17, 15) is 9.18 Å². The number of aromatic nitrogens is 2. The number of nitrogens with one attached hydrogen (secondary N) is 1. The number of ether oxygens (including phenoxy) is 1. The first-order valence-corrected chi connectivity index (χ1v) is 10.8. The van der Waals surface area contributed by atoms with E-state index < -0.39 is 0 Å². The second-order valence-electron chi connectivity index (χ2n) is 8.07. The largest absolute Gasteiger partial charge is 0.495 e. The monoisotopic (exact) mass is 429 g/mol. The van der Waals surface area contributed by atoms with Crippen molar-refractivity contribution in [2.45, 2.75) is 32.2 Å². The summed E-state index contributed by atoms with van der Waals surface area (Å²) in [6.07, 6.45) is 7.37. The van der Waals surface area contributed by atoms with Gasteiger partial charge in [0.05, 0.1) is 12.6 Å². The highest BCUT2D eigenvalue weighted by molar-refractivity contribution is 6.14. The summed E-state index contributed by atoms with van der Waals surface area (Å²) in [5.74, 6) is 0.328. The van der Waals surface area contributed by atoms with Crippen LogP contribution in [-0.4, -0.2) is 22.6 Å². The molecule has 0 atom stereocenters. The molecule has 162 valence electrons. The van der Waals surface area contributed by atoms with E-state index in [0.29, 0.717) is 17.8 Å². The van der Waals surface area contributed by atoms with Crippen molar-refractivity contribution in [2.24, 2.45) is 0 Å². The first-order valence-electron chi connectivity index (χ1n) is 10.8. The predicted octanol–water partition coefficient (Wildman–Crippen LogP) is 5.36. The first kappa shape index (κ1) is 20.2. The van der Waals surface area contributed by atoms with Gasteiger partial charge in [0.15, 0.2) is 0 Å². The van der Waals surface area contributed by atoms with Crippen molar-refractivity contribution in [3.63, 3.8) is 0 Å². The number of carbonyl (C=O) groups excluding carboxylic acids is 1. The zero-order valence-electron chi connectivity index (χ0n) is 17.9. The Morgan fingerprint density at radius 3 is 2.56 bits per heavy atom. The molecule has 2 aromatic carbocycles. The highest BCUT2D eigenvalue weighted by Crippen LogP contribution is 2.39. The molecule has 0 saturated carbocycles. The van der Waals surface area contributed by atoms with E-state index in [0.717, 1.165) is 47.9 Å². The fourth-order valence-electron chi connectivity index (χ4n) is 4.67. The van der Waals surface area contributed by atoms with Crippen molar-refractivity contribution in [3.05, 3.63) is 89.1 Å². The van der Waals surface area contributed by atoms with Crippen LogP contribution in [0.5, 0.6) is 5.75 Å². The lowest BCUT2D eigenvalue weighted by atomic mass is 9.93. The van der Waals surface area contributed by atoms with E-state index in [-0.39, 0.29) is 11.7 Å². The maximum Gasteiger partial charge on any atom is 0.256 e. The zero-order valence-corrected chi connectivity index (χ0v) is 17.9. The van der Waals surface area contributed by atoms with Gasteiger partial charge in [-0.3, -0.25) is 9.78 Å². The van der Waals surface area contributed by atoms with Gasteiger partial charge in [-0.15, -0.1) is 0 Å². The van der Waals surface area contributed by atoms with Crippen LogP contribution in [0.15, 0.2) is 60.9 Å². The predicted molar refractivity (Wildman–Crippen MR) is 123 cm³/mol. The van der Waals surface area contributed by atoms with E-state index >= 15 is 0 Å². The van der Waals surface area contributed by atoms with Crippen molar-refractivity contribution in [3.8, 4) is 5.75 Å². The Morgan fingerprint density at radius 1 is 1.06 bits per heavy atom. The minimum absolute atomic E-state index is 0.156. The van der Waals surface area contributed by atoms with E-state index in [1.165, 1.54) is 23.4 Å². The second kappa shape index (κ2) is 8.46. The number of hydrogen-bond donors (Lipinski definition) is 1. The molecule has 0 aliphatic heterocycles. The van der Waals surface area contributed by atoms with Gasteiger partial charge in [-0.1, -0.05) is 12.1 Å². The SMILES string of the molecule is COc1ccc(C(=O)Nc2ccncc2)c2c3c(n(Cc4ccc(F)cc4)c12)CCCC3. The van der Waals surface area contributed by atoms with Crippen LogP contribution in [-0.2, 0) is 19.4 Å². The molecule has 0 radical (unpaired) electrons. The van der Waals surface area contributed by atoms with E-state index in [1.54, 1.807) is 31.6 Å². The maximum atomic E-state index is 13.5. The zero-order chi connectivity index (χ0) is 22.1. The number of hydrogen-bond acceptors (Lipinski definition) is 3. The molecule has 1 N–H and O–H groups in total. The van der Waals surface area contributed by atoms with E-state index in [4.69, 9.17) is 4.74 Å². The van der Waals surface area contributed by atoms with Gasteiger partial charge in [0.2, 0.25) is 0 Å². The molecule has 5 rings (SSSR count). The molecule has 0 unspecified atom stereocenters. The lowest BCUT2D eigenvalue weighted by Gasteiger charge is -2.16. The summed E-state index contributed by atoms with van der Waals surface area (Å²) in [5.41, 5.74) is 5.71. The van der Waals surface area contributed by atoms with Crippen LogP contribution in [0.1, 0.15) is 40.0 Å². The minimum Gasteiger partial charge on any atom is -0.495 e. The summed E-state index contributed by atoms with van der Waals surface area (Å²) >= 11 is 0. The van der Waals surface area contributed by atoms with E-state index in [1.807, 2.05) is 24.3 Å². The Labute approximate surface area is 185 Å². The summed E-state index contributed by atoms with van der Waals surface area (Å²) in [5, 5.41) is 3.94. The van der Waals surface area contributed by atoms with Crippen LogP contribution in [0.25, 0.3) is 10.9 Å². The number of benzene rings is 2. The fraction of sp³-hybridized carbons (Fsp3) is 0.231. The van der Waals surface area contributed by atoms with Gasteiger partial charge in [0.1, 0.15) is 11.6 Å². The number of fused-ring (bicyclic) bond motifs is 3. The number of aryl methyl sites for hydroxylation is 1. The number of anilines is 1. The molecule has 4 aromatic rings. The highest BCUT2D eigenvalue weighted by Gasteiger charge is 2.26. The molecule has 0 bridgehead atoms. The maximum absolute atomic E-state index is 13.5. The van der Waals surface area contributed by atoms with Crippen LogP contribution in [0.3, 0.4) is 0 Å². The fourth-order valence-corrected chi connectivity index (χ4v) is 4.67. The number of rotatable bonds is 5. The Bertz CT molecular complexity index is 1280. The Hall–Kier alpha value is -3.67. The van der Waals surface area contributed by atoms with Gasteiger partial charge in [0, 0.05) is 41.3 Å². The minimum atomic E-state index is -0.249. The average Bonchev–Trinajstić information content (AvgIpc) is 3.15. The molecule has 6 heteroatoms.